The van der Waals surface area contributed by atoms with Crippen molar-refractivity contribution in [1.29, 1.82) is 0 Å². The van der Waals surface area contributed by atoms with E-state index < -0.39 is 11.5 Å². The van der Waals surface area contributed by atoms with Crippen molar-refractivity contribution in [1.82, 2.24) is 10.5 Å². The van der Waals surface area contributed by atoms with Crippen LogP contribution in [0.15, 0.2) is 67.0 Å². The Labute approximate surface area is 207 Å². The predicted octanol–water partition coefficient (Wildman–Crippen LogP) is 5.75. The fourth-order valence-corrected chi connectivity index (χ4v) is 3.80. The summed E-state index contributed by atoms with van der Waals surface area (Å²) < 4.78 is 11.8. The number of nitrogens with zero attached hydrogens (tertiary/aromatic N) is 1. The summed E-state index contributed by atoms with van der Waals surface area (Å²) in [5, 5.41) is 3.20. The molecule has 2 aromatic carbocycles. The topological polar surface area (TPSA) is 81.7 Å². The number of rotatable bonds is 8. The minimum atomic E-state index is -0.731. The van der Waals surface area contributed by atoms with Gasteiger partial charge in [-0.15, -0.1) is 0 Å². The summed E-state index contributed by atoms with van der Waals surface area (Å²) in [6.07, 6.45) is 4.78. The van der Waals surface area contributed by atoms with E-state index >= 15 is 0 Å². The normalized spacial score (nSPS) is 17.0. The zero-order valence-corrected chi connectivity index (χ0v) is 20.1. The van der Waals surface area contributed by atoms with Crippen molar-refractivity contribution in [3.05, 3.63) is 88.2 Å². The molecular weight excluding hydrogens is 477 g/mol. The van der Waals surface area contributed by atoms with Gasteiger partial charge < -0.3 is 14.8 Å². The lowest BCUT2D eigenvalue weighted by molar-refractivity contribution is -0.0476. The number of carbonyl (C=O) groups excluding carboxylic acids is 1. The zero-order valence-electron chi connectivity index (χ0n) is 18.6. The molecule has 1 amide bonds. The van der Waals surface area contributed by atoms with Gasteiger partial charge >= 0.3 is 0 Å². The highest BCUT2D eigenvalue weighted by Crippen LogP contribution is 2.33. The molecule has 7 nitrogen and oxygen atoms in total. The number of amides is 1. The van der Waals surface area contributed by atoms with Gasteiger partial charge in [0, 0.05) is 18.0 Å². The molecule has 0 saturated carbocycles. The molecule has 1 aromatic heterocycles. The zero-order chi connectivity index (χ0) is 24.1. The third-order valence-electron chi connectivity index (χ3n) is 5.04. The number of ether oxygens (including phenoxy) is 2. The number of nitrogens with one attached hydrogen (secondary N) is 2. The van der Waals surface area contributed by atoms with Crippen LogP contribution >= 0.6 is 23.2 Å². The fourth-order valence-electron chi connectivity index (χ4n) is 3.34. The lowest BCUT2D eigenvalue weighted by Crippen LogP contribution is -2.33. The number of aromatic nitrogens is 1. The van der Waals surface area contributed by atoms with E-state index in [1.54, 1.807) is 18.2 Å². The van der Waals surface area contributed by atoms with E-state index in [2.05, 4.69) is 15.8 Å². The molecular formula is C25H23Cl2N3O4. The van der Waals surface area contributed by atoms with Gasteiger partial charge in [-0.05, 0) is 43.7 Å². The smallest absolute Gasteiger partial charge is 0.255 e. The van der Waals surface area contributed by atoms with Crippen LogP contribution in [0.2, 0.25) is 10.0 Å². The molecule has 0 aliphatic carbocycles. The maximum Gasteiger partial charge on any atom is 0.255 e. The quantitative estimate of drug-likeness (QED) is 0.410. The summed E-state index contributed by atoms with van der Waals surface area (Å²) in [7, 11) is 0. The number of carbonyl (C=O) groups is 1. The highest BCUT2D eigenvalue weighted by molar-refractivity contribution is 6.39. The van der Waals surface area contributed by atoms with Gasteiger partial charge in [0.15, 0.2) is 11.5 Å². The number of hydrogen-bond donors (Lipinski definition) is 2. The fraction of sp³-hybridized carbons (Fsp3) is 0.200. The number of hydrogen-bond acceptors (Lipinski definition) is 6. The van der Waals surface area contributed by atoms with Crippen LogP contribution < -0.4 is 20.3 Å². The van der Waals surface area contributed by atoms with Crippen LogP contribution in [-0.4, -0.2) is 29.7 Å². The van der Waals surface area contributed by atoms with Gasteiger partial charge in [-0.3, -0.25) is 20.1 Å². The van der Waals surface area contributed by atoms with Gasteiger partial charge in [-0.25, -0.2) is 0 Å². The molecule has 2 N–H and O–H groups in total. The van der Waals surface area contributed by atoms with Crippen molar-refractivity contribution >= 4 is 40.5 Å². The second-order valence-corrected chi connectivity index (χ2v) is 8.57. The molecule has 1 aliphatic rings. The molecule has 1 aliphatic heterocycles. The highest BCUT2D eigenvalue weighted by atomic mass is 35.5. The standard InChI is InChI=1S/C25H23Cl2N3O4/c1-3-32-21-10-9-17(24(31)29-23-18(26)13-28-14-19(23)27)11-22(21)33-15-25(2)12-20(30-34-25)16-7-5-4-6-8-16/h4-14,30H,3,15H2,1-2H3,(H,28,29,31). The number of halogens is 2. The van der Waals surface area contributed by atoms with E-state index in [-0.39, 0.29) is 22.3 Å². The van der Waals surface area contributed by atoms with Crippen LogP contribution in [0, 0.1) is 0 Å². The first-order valence-electron chi connectivity index (χ1n) is 10.6. The average molecular weight is 500 g/mol. The molecule has 0 spiro atoms. The van der Waals surface area contributed by atoms with Crippen molar-refractivity contribution < 1.29 is 19.1 Å². The molecule has 3 aromatic rings. The van der Waals surface area contributed by atoms with E-state index in [0.717, 1.165) is 11.3 Å². The van der Waals surface area contributed by atoms with E-state index in [4.69, 9.17) is 37.5 Å². The van der Waals surface area contributed by atoms with Crippen LogP contribution in [0.4, 0.5) is 5.69 Å². The largest absolute Gasteiger partial charge is 0.490 e. The Kier molecular flexibility index (Phi) is 7.26. The molecule has 9 heteroatoms. The van der Waals surface area contributed by atoms with Gasteiger partial charge in [-0.2, -0.15) is 0 Å². The Bertz CT molecular complexity index is 1200. The second-order valence-electron chi connectivity index (χ2n) is 7.76. The molecule has 176 valence electrons. The molecule has 0 radical (unpaired) electrons. The number of pyridine rings is 1. The van der Waals surface area contributed by atoms with E-state index in [0.29, 0.717) is 23.7 Å². The molecule has 34 heavy (non-hydrogen) atoms. The number of hydroxylamine groups is 1. The predicted molar refractivity (Wildman–Crippen MR) is 132 cm³/mol. The van der Waals surface area contributed by atoms with Crippen molar-refractivity contribution in [2.45, 2.75) is 19.4 Å². The molecule has 4 rings (SSSR count). The average Bonchev–Trinajstić information content (AvgIpc) is 3.24. The van der Waals surface area contributed by atoms with Crippen molar-refractivity contribution in [3.8, 4) is 11.5 Å². The monoisotopic (exact) mass is 499 g/mol. The van der Waals surface area contributed by atoms with Crippen molar-refractivity contribution in [3.63, 3.8) is 0 Å². The minimum Gasteiger partial charge on any atom is -0.490 e. The van der Waals surface area contributed by atoms with Gasteiger partial charge in [0.1, 0.15) is 12.2 Å². The Balaban J connectivity index is 1.52. The number of anilines is 1. The summed E-state index contributed by atoms with van der Waals surface area (Å²) >= 11 is 12.2. The second kappa shape index (κ2) is 10.3. The van der Waals surface area contributed by atoms with Crippen LogP contribution in [-0.2, 0) is 4.84 Å². The Morgan fingerprint density at radius 2 is 1.82 bits per heavy atom. The molecule has 0 fully saturated rings. The highest BCUT2D eigenvalue weighted by Gasteiger charge is 2.32. The third kappa shape index (κ3) is 5.44. The first-order valence-corrected chi connectivity index (χ1v) is 11.4. The Morgan fingerprint density at radius 3 is 2.53 bits per heavy atom. The lowest BCUT2D eigenvalue weighted by atomic mass is 10.0. The van der Waals surface area contributed by atoms with Gasteiger partial charge in [-0.1, -0.05) is 53.5 Å². The summed E-state index contributed by atoms with van der Waals surface area (Å²) in [6, 6.07) is 14.8. The lowest BCUT2D eigenvalue weighted by Gasteiger charge is -2.22. The van der Waals surface area contributed by atoms with Gasteiger partial charge in [0.25, 0.3) is 5.91 Å². The summed E-state index contributed by atoms with van der Waals surface area (Å²) in [5.74, 6) is 0.521. The molecule has 0 bridgehead atoms. The van der Waals surface area contributed by atoms with Gasteiger partial charge in [0.05, 0.1) is 28.0 Å². The van der Waals surface area contributed by atoms with Crippen LogP contribution in [0.5, 0.6) is 11.5 Å². The third-order valence-corrected chi connectivity index (χ3v) is 5.61. The molecule has 1 atom stereocenters. The van der Waals surface area contributed by atoms with Crippen LogP contribution in [0.1, 0.15) is 29.8 Å². The SMILES string of the molecule is CCOc1ccc(C(=O)Nc2c(Cl)cncc2Cl)cc1OCC1(C)C=C(c2ccccc2)NO1. The van der Waals surface area contributed by atoms with Crippen molar-refractivity contribution in [2.24, 2.45) is 0 Å². The summed E-state index contributed by atoms with van der Waals surface area (Å²) in [5.41, 5.74) is 4.73. The molecule has 1 unspecified atom stereocenters. The number of benzene rings is 2. The summed E-state index contributed by atoms with van der Waals surface area (Å²) in [4.78, 5) is 22.6. The maximum absolute atomic E-state index is 12.9. The first kappa shape index (κ1) is 23.9. The van der Waals surface area contributed by atoms with E-state index in [9.17, 15) is 4.79 Å². The Hall–Kier alpha value is -3.26. The van der Waals surface area contributed by atoms with Crippen LogP contribution in [0.3, 0.4) is 0 Å². The first-order chi connectivity index (χ1) is 16.4. The molecule has 2 heterocycles. The maximum atomic E-state index is 12.9. The van der Waals surface area contributed by atoms with Crippen molar-refractivity contribution in [2.75, 3.05) is 18.5 Å². The molecule has 0 saturated heterocycles. The van der Waals surface area contributed by atoms with E-state index in [1.807, 2.05) is 50.3 Å². The van der Waals surface area contributed by atoms with Crippen LogP contribution in [0.25, 0.3) is 5.70 Å². The Morgan fingerprint density at radius 1 is 1.09 bits per heavy atom. The van der Waals surface area contributed by atoms with E-state index in [1.165, 1.54) is 12.4 Å². The summed E-state index contributed by atoms with van der Waals surface area (Å²) in [6.45, 7) is 4.40. The van der Waals surface area contributed by atoms with Gasteiger partial charge in [0.2, 0.25) is 0 Å². The minimum absolute atomic E-state index is 0.184.